The molecule has 2 heterocycles. The smallest absolute Gasteiger partial charge is 0.256 e. The van der Waals surface area contributed by atoms with Crippen LogP contribution in [-0.4, -0.2) is 15.9 Å². The third-order valence-corrected chi connectivity index (χ3v) is 3.03. The van der Waals surface area contributed by atoms with Crippen LogP contribution in [-0.2, 0) is 0 Å². The second kappa shape index (κ2) is 5.09. The Kier molecular flexibility index (Phi) is 3.13. The lowest BCUT2D eigenvalue weighted by molar-refractivity contribution is 0.102. The molecule has 0 aliphatic heterocycles. The van der Waals surface area contributed by atoms with Crippen molar-refractivity contribution in [1.82, 2.24) is 9.97 Å². The highest BCUT2D eigenvalue weighted by Crippen LogP contribution is 2.15. The summed E-state index contributed by atoms with van der Waals surface area (Å²) in [6.07, 6.45) is 3.49. The van der Waals surface area contributed by atoms with Gasteiger partial charge >= 0.3 is 0 Å². The molecule has 0 radical (unpaired) electrons. The molecule has 1 amide bonds. The highest BCUT2D eigenvalue weighted by Gasteiger charge is 2.07. The Balaban J connectivity index is 1.88. The lowest BCUT2D eigenvalue weighted by atomic mass is 10.1. The van der Waals surface area contributed by atoms with Gasteiger partial charge in [0.15, 0.2) is 0 Å². The van der Waals surface area contributed by atoms with Crippen molar-refractivity contribution in [2.45, 2.75) is 6.92 Å². The van der Waals surface area contributed by atoms with E-state index >= 15 is 0 Å². The van der Waals surface area contributed by atoms with E-state index in [0.717, 1.165) is 16.5 Å². The molecule has 0 unspecified atom stereocenters. The van der Waals surface area contributed by atoms with Gasteiger partial charge in [0, 0.05) is 29.0 Å². The Morgan fingerprint density at radius 2 is 2.00 bits per heavy atom. The topological polar surface area (TPSA) is 54.9 Å². The molecule has 0 atom stereocenters. The lowest BCUT2D eigenvalue weighted by Crippen LogP contribution is -2.13. The minimum Gasteiger partial charge on any atom is -0.307 e. The van der Waals surface area contributed by atoms with Crippen LogP contribution in [0.15, 0.2) is 54.9 Å². The van der Waals surface area contributed by atoms with Crippen LogP contribution in [0, 0.1) is 6.92 Å². The molecular formula is C16H13N3O. The van der Waals surface area contributed by atoms with Gasteiger partial charge in [-0.15, -0.1) is 0 Å². The van der Waals surface area contributed by atoms with E-state index in [9.17, 15) is 4.79 Å². The van der Waals surface area contributed by atoms with E-state index in [4.69, 9.17) is 0 Å². The summed E-state index contributed by atoms with van der Waals surface area (Å²) in [6.45, 7) is 1.89. The molecule has 1 aromatic carbocycles. The van der Waals surface area contributed by atoms with E-state index in [0.29, 0.717) is 11.4 Å². The van der Waals surface area contributed by atoms with Crippen molar-refractivity contribution in [3.05, 3.63) is 66.1 Å². The second-order valence-corrected chi connectivity index (χ2v) is 4.56. The van der Waals surface area contributed by atoms with Crippen molar-refractivity contribution in [2.75, 3.05) is 5.32 Å². The average molecular weight is 263 g/mol. The van der Waals surface area contributed by atoms with Gasteiger partial charge in [0.1, 0.15) is 5.82 Å². The first kappa shape index (κ1) is 12.3. The van der Waals surface area contributed by atoms with Gasteiger partial charge in [-0.2, -0.15) is 0 Å². The number of aromatic nitrogens is 2. The molecule has 3 aromatic rings. The second-order valence-electron chi connectivity index (χ2n) is 4.56. The molecule has 0 fully saturated rings. The summed E-state index contributed by atoms with van der Waals surface area (Å²) in [4.78, 5) is 20.5. The number of carbonyl (C=O) groups is 1. The van der Waals surface area contributed by atoms with Gasteiger partial charge in [-0.05, 0) is 42.6 Å². The number of benzene rings is 1. The Morgan fingerprint density at radius 3 is 2.85 bits per heavy atom. The van der Waals surface area contributed by atoms with E-state index in [1.54, 1.807) is 24.5 Å². The highest BCUT2D eigenvalue weighted by atomic mass is 16.1. The van der Waals surface area contributed by atoms with Gasteiger partial charge < -0.3 is 5.32 Å². The van der Waals surface area contributed by atoms with Gasteiger partial charge in [-0.1, -0.05) is 12.1 Å². The molecule has 0 saturated carbocycles. The maximum absolute atomic E-state index is 12.2. The Hall–Kier alpha value is -2.75. The van der Waals surface area contributed by atoms with E-state index < -0.39 is 0 Å². The number of hydrogen-bond donors (Lipinski definition) is 1. The predicted molar refractivity (Wildman–Crippen MR) is 78.7 cm³/mol. The molecule has 98 valence electrons. The molecule has 2 aromatic heterocycles. The zero-order valence-electron chi connectivity index (χ0n) is 11.0. The molecule has 4 nitrogen and oxygen atoms in total. The first-order chi connectivity index (χ1) is 9.72. The number of carbonyl (C=O) groups excluding carboxylic acids is 1. The largest absolute Gasteiger partial charge is 0.307 e. The van der Waals surface area contributed by atoms with Crippen LogP contribution in [0.3, 0.4) is 0 Å². The monoisotopic (exact) mass is 263 g/mol. The minimum atomic E-state index is -0.165. The molecule has 0 saturated heterocycles. The first-order valence-corrected chi connectivity index (χ1v) is 6.31. The molecule has 0 aliphatic rings. The average Bonchev–Trinajstić information content (AvgIpc) is 2.47. The van der Waals surface area contributed by atoms with E-state index in [1.165, 1.54) is 0 Å². The van der Waals surface area contributed by atoms with Gasteiger partial charge in [0.05, 0.1) is 0 Å². The first-order valence-electron chi connectivity index (χ1n) is 6.31. The number of fused-ring (bicyclic) bond motifs is 1. The number of pyridine rings is 2. The summed E-state index contributed by atoms with van der Waals surface area (Å²) in [5, 5.41) is 4.80. The SMILES string of the molecule is Cc1cccc(NC(=O)c2ccc3cnccc3c2)n1. The van der Waals surface area contributed by atoms with E-state index in [2.05, 4.69) is 15.3 Å². The maximum Gasteiger partial charge on any atom is 0.256 e. The van der Waals surface area contributed by atoms with Crippen LogP contribution in [0.1, 0.15) is 16.1 Å². The van der Waals surface area contributed by atoms with Crippen LogP contribution in [0.5, 0.6) is 0 Å². The Labute approximate surface area is 116 Å². The molecule has 0 aliphatic carbocycles. The van der Waals surface area contributed by atoms with Crippen LogP contribution in [0.25, 0.3) is 10.8 Å². The zero-order chi connectivity index (χ0) is 13.9. The van der Waals surface area contributed by atoms with E-state index in [1.807, 2.05) is 37.3 Å². The number of anilines is 1. The fraction of sp³-hybridized carbons (Fsp3) is 0.0625. The van der Waals surface area contributed by atoms with Crippen LogP contribution < -0.4 is 5.32 Å². The molecule has 20 heavy (non-hydrogen) atoms. The van der Waals surface area contributed by atoms with Gasteiger partial charge in [-0.25, -0.2) is 4.98 Å². The molecular weight excluding hydrogens is 250 g/mol. The normalized spacial score (nSPS) is 10.4. The van der Waals surface area contributed by atoms with Gasteiger partial charge in [-0.3, -0.25) is 9.78 Å². The number of nitrogens with zero attached hydrogens (tertiary/aromatic N) is 2. The summed E-state index contributed by atoms with van der Waals surface area (Å²) in [7, 11) is 0. The van der Waals surface area contributed by atoms with Crippen molar-refractivity contribution in [1.29, 1.82) is 0 Å². The number of amides is 1. The van der Waals surface area contributed by atoms with Gasteiger partial charge in [0.25, 0.3) is 5.91 Å². The van der Waals surface area contributed by atoms with Crippen LogP contribution >= 0.6 is 0 Å². The summed E-state index contributed by atoms with van der Waals surface area (Å²) in [6, 6.07) is 12.9. The summed E-state index contributed by atoms with van der Waals surface area (Å²) in [5.74, 6) is 0.395. The minimum absolute atomic E-state index is 0.165. The van der Waals surface area contributed by atoms with Crippen molar-refractivity contribution in [2.24, 2.45) is 0 Å². The number of aryl methyl sites for hydroxylation is 1. The molecule has 4 heteroatoms. The van der Waals surface area contributed by atoms with Crippen LogP contribution in [0.2, 0.25) is 0 Å². The molecule has 3 rings (SSSR count). The van der Waals surface area contributed by atoms with Crippen molar-refractivity contribution >= 4 is 22.5 Å². The predicted octanol–water partition coefficient (Wildman–Crippen LogP) is 3.19. The highest BCUT2D eigenvalue weighted by molar-refractivity contribution is 6.05. The van der Waals surface area contributed by atoms with Crippen molar-refractivity contribution in [3.63, 3.8) is 0 Å². The fourth-order valence-corrected chi connectivity index (χ4v) is 2.03. The zero-order valence-corrected chi connectivity index (χ0v) is 11.0. The van der Waals surface area contributed by atoms with E-state index in [-0.39, 0.29) is 5.91 Å². The lowest BCUT2D eigenvalue weighted by Gasteiger charge is -2.06. The fourth-order valence-electron chi connectivity index (χ4n) is 2.03. The number of nitrogens with one attached hydrogen (secondary N) is 1. The third kappa shape index (κ3) is 2.49. The number of hydrogen-bond acceptors (Lipinski definition) is 3. The molecule has 0 spiro atoms. The Morgan fingerprint density at radius 1 is 1.10 bits per heavy atom. The van der Waals surface area contributed by atoms with Crippen LogP contribution in [0.4, 0.5) is 5.82 Å². The summed E-state index contributed by atoms with van der Waals surface area (Å²) >= 11 is 0. The quantitative estimate of drug-likeness (QED) is 0.772. The maximum atomic E-state index is 12.2. The van der Waals surface area contributed by atoms with Crippen molar-refractivity contribution in [3.8, 4) is 0 Å². The Bertz CT molecular complexity index is 783. The summed E-state index contributed by atoms with van der Waals surface area (Å²) < 4.78 is 0. The van der Waals surface area contributed by atoms with Crippen molar-refractivity contribution < 1.29 is 4.79 Å². The molecule has 1 N–H and O–H groups in total. The standard InChI is InChI=1S/C16H13N3O/c1-11-3-2-4-15(18-11)19-16(20)13-5-6-14-10-17-8-7-12(14)9-13/h2-10H,1H3,(H,18,19,20). The third-order valence-electron chi connectivity index (χ3n) is 3.03. The van der Waals surface area contributed by atoms with Gasteiger partial charge in [0.2, 0.25) is 0 Å². The molecule has 0 bridgehead atoms. The number of rotatable bonds is 2. The summed E-state index contributed by atoms with van der Waals surface area (Å²) in [5.41, 5.74) is 1.47.